The molecule has 1 rings (SSSR count). The van der Waals surface area contributed by atoms with E-state index < -0.39 is 18.1 Å². The number of hydrogen-bond acceptors (Lipinski definition) is 3. The van der Waals surface area contributed by atoms with Gasteiger partial charge in [-0.05, 0) is 6.42 Å². The van der Waals surface area contributed by atoms with Crippen molar-refractivity contribution in [1.29, 1.82) is 0 Å². The van der Waals surface area contributed by atoms with Crippen LogP contribution in [0.1, 0.15) is 58.3 Å². The minimum Gasteiger partial charge on any atom is -0.367 e. The van der Waals surface area contributed by atoms with E-state index in [0.29, 0.717) is 6.42 Å². The van der Waals surface area contributed by atoms with E-state index in [4.69, 9.17) is 10.5 Å². The summed E-state index contributed by atoms with van der Waals surface area (Å²) >= 11 is 0. The number of nitrogens with two attached hydrogens (primary N) is 1. The molecule has 0 unspecified atom stereocenters. The lowest BCUT2D eigenvalue weighted by atomic mass is 10.0. The number of ether oxygens (including phenoxy) is 1. The Kier molecular flexibility index (Phi) is 6.19. The molecule has 0 aromatic carbocycles. The highest BCUT2D eigenvalue weighted by Crippen LogP contribution is 2.24. The molecule has 1 heterocycles. The number of primary amides is 1. The highest BCUT2D eigenvalue weighted by atomic mass is 16.6. The average Bonchev–Trinajstić information content (AvgIpc) is 3.07. The van der Waals surface area contributed by atoms with E-state index in [1.54, 1.807) is 0 Å². The van der Waals surface area contributed by atoms with Crippen molar-refractivity contribution in [2.45, 2.75) is 70.5 Å². The summed E-state index contributed by atoms with van der Waals surface area (Å²) in [4.78, 5) is 22.2. The van der Waals surface area contributed by atoms with Crippen LogP contribution in [0.5, 0.6) is 0 Å². The van der Waals surface area contributed by atoms with Crippen LogP contribution in [0.2, 0.25) is 0 Å². The molecule has 4 heteroatoms. The molecule has 0 saturated carbocycles. The molecule has 0 bridgehead atoms. The Balaban J connectivity index is 1.93. The fourth-order valence-corrected chi connectivity index (χ4v) is 1.97. The maximum atomic E-state index is 11.5. The van der Waals surface area contributed by atoms with Crippen molar-refractivity contribution in [2.75, 3.05) is 0 Å². The molecule has 1 amide bonds. The predicted molar refractivity (Wildman–Crippen MR) is 65.5 cm³/mol. The molecule has 1 fully saturated rings. The molecule has 0 spiro atoms. The SMILES string of the molecule is CCCCCCCCCC(=O)[C@H]1O[C@H]1C(N)=O. The summed E-state index contributed by atoms with van der Waals surface area (Å²) in [7, 11) is 0. The van der Waals surface area contributed by atoms with Crippen LogP contribution >= 0.6 is 0 Å². The molecular formula is C13H23NO3. The van der Waals surface area contributed by atoms with Crippen molar-refractivity contribution in [3.8, 4) is 0 Å². The molecular weight excluding hydrogens is 218 g/mol. The predicted octanol–water partition coefficient (Wildman–Crippen LogP) is 1.95. The number of amides is 1. The highest BCUT2D eigenvalue weighted by molar-refractivity contribution is 5.95. The first kappa shape index (κ1) is 14.2. The number of ketones is 1. The monoisotopic (exact) mass is 241 g/mol. The Morgan fingerprint density at radius 3 is 2.12 bits per heavy atom. The molecule has 0 aliphatic carbocycles. The molecule has 1 aliphatic heterocycles. The molecule has 0 aromatic heterocycles. The highest BCUT2D eigenvalue weighted by Gasteiger charge is 2.48. The van der Waals surface area contributed by atoms with Gasteiger partial charge in [0.05, 0.1) is 0 Å². The van der Waals surface area contributed by atoms with Crippen LogP contribution < -0.4 is 5.73 Å². The van der Waals surface area contributed by atoms with Crippen LogP contribution in [0.25, 0.3) is 0 Å². The van der Waals surface area contributed by atoms with Crippen LogP contribution in [0.4, 0.5) is 0 Å². The molecule has 4 nitrogen and oxygen atoms in total. The quantitative estimate of drug-likeness (QED) is 0.469. The lowest BCUT2D eigenvalue weighted by Gasteiger charge is -2.00. The average molecular weight is 241 g/mol. The number of carbonyl (C=O) groups excluding carboxylic acids is 2. The van der Waals surface area contributed by atoms with Gasteiger partial charge < -0.3 is 10.5 Å². The van der Waals surface area contributed by atoms with Crippen molar-refractivity contribution in [1.82, 2.24) is 0 Å². The van der Waals surface area contributed by atoms with E-state index in [0.717, 1.165) is 12.8 Å². The topological polar surface area (TPSA) is 72.7 Å². The van der Waals surface area contributed by atoms with Gasteiger partial charge in [0.25, 0.3) is 0 Å². The molecule has 0 radical (unpaired) electrons. The van der Waals surface area contributed by atoms with Crippen LogP contribution in [0.15, 0.2) is 0 Å². The lowest BCUT2D eigenvalue weighted by molar-refractivity contribution is -0.121. The summed E-state index contributed by atoms with van der Waals surface area (Å²) in [5.41, 5.74) is 5.03. The van der Waals surface area contributed by atoms with Crippen molar-refractivity contribution < 1.29 is 14.3 Å². The maximum absolute atomic E-state index is 11.5. The standard InChI is InChI=1S/C13H23NO3/c1-2-3-4-5-6-7-8-9-10(15)11-12(17-11)13(14)16/h11-12H,2-9H2,1H3,(H2,14,16)/t11-,12-/m1/s1. The van der Waals surface area contributed by atoms with Gasteiger partial charge in [-0.1, -0.05) is 45.4 Å². The smallest absolute Gasteiger partial charge is 0.249 e. The fraction of sp³-hybridized carbons (Fsp3) is 0.846. The number of epoxide rings is 1. The molecule has 98 valence electrons. The van der Waals surface area contributed by atoms with E-state index in [-0.39, 0.29) is 5.78 Å². The number of hydrogen-bond donors (Lipinski definition) is 1. The first-order chi connectivity index (χ1) is 8.16. The van der Waals surface area contributed by atoms with Gasteiger partial charge in [0.2, 0.25) is 5.91 Å². The van der Waals surface area contributed by atoms with Crippen LogP contribution in [-0.2, 0) is 14.3 Å². The number of unbranched alkanes of at least 4 members (excludes halogenated alkanes) is 6. The Morgan fingerprint density at radius 1 is 1.00 bits per heavy atom. The van der Waals surface area contributed by atoms with Crippen LogP contribution in [0, 0.1) is 0 Å². The third kappa shape index (κ3) is 5.31. The van der Waals surface area contributed by atoms with Crippen LogP contribution in [-0.4, -0.2) is 23.9 Å². The van der Waals surface area contributed by atoms with Gasteiger partial charge >= 0.3 is 0 Å². The number of Topliss-reactive ketones (excluding diaryl/α,β-unsaturated/α-hetero) is 1. The summed E-state index contributed by atoms with van der Waals surface area (Å²) in [6, 6.07) is 0. The Labute approximate surface area is 103 Å². The van der Waals surface area contributed by atoms with Gasteiger partial charge in [0.1, 0.15) is 0 Å². The Hall–Kier alpha value is -0.900. The Morgan fingerprint density at radius 2 is 1.59 bits per heavy atom. The van der Waals surface area contributed by atoms with Crippen LogP contribution in [0.3, 0.4) is 0 Å². The summed E-state index contributed by atoms with van der Waals surface area (Å²) in [6.45, 7) is 2.20. The zero-order valence-electron chi connectivity index (χ0n) is 10.6. The first-order valence-electron chi connectivity index (χ1n) is 6.64. The molecule has 2 atom stereocenters. The maximum Gasteiger partial charge on any atom is 0.249 e. The van der Waals surface area contributed by atoms with Gasteiger partial charge in [0.15, 0.2) is 18.0 Å². The van der Waals surface area contributed by atoms with Gasteiger partial charge in [-0.3, -0.25) is 9.59 Å². The number of carbonyl (C=O) groups is 2. The second-order valence-electron chi connectivity index (χ2n) is 4.72. The second-order valence-corrected chi connectivity index (χ2v) is 4.72. The zero-order valence-corrected chi connectivity index (χ0v) is 10.6. The van der Waals surface area contributed by atoms with Gasteiger partial charge in [0, 0.05) is 6.42 Å². The summed E-state index contributed by atoms with van der Waals surface area (Å²) in [5, 5.41) is 0. The van der Waals surface area contributed by atoms with E-state index >= 15 is 0 Å². The van der Waals surface area contributed by atoms with Crippen molar-refractivity contribution in [3.63, 3.8) is 0 Å². The van der Waals surface area contributed by atoms with E-state index in [9.17, 15) is 9.59 Å². The minimum absolute atomic E-state index is 0.0300. The fourth-order valence-electron chi connectivity index (χ4n) is 1.97. The minimum atomic E-state index is -0.646. The van der Waals surface area contributed by atoms with Crippen molar-refractivity contribution in [3.05, 3.63) is 0 Å². The first-order valence-corrected chi connectivity index (χ1v) is 6.64. The van der Waals surface area contributed by atoms with Gasteiger partial charge in [-0.2, -0.15) is 0 Å². The van der Waals surface area contributed by atoms with E-state index in [1.165, 1.54) is 32.1 Å². The largest absolute Gasteiger partial charge is 0.367 e. The van der Waals surface area contributed by atoms with E-state index in [2.05, 4.69) is 6.92 Å². The third-order valence-corrected chi connectivity index (χ3v) is 3.12. The molecule has 1 saturated heterocycles. The van der Waals surface area contributed by atoms with E-state index in [1.807, 2.05) is 0 Å². The number of rotatable bonds is 10. The molecule has 17 heavy (non-hydrogen) atoms. The molecule has 2 N–H and O–H groups in total. The molecule has 1 aliphatic rings. The van der Waals surface area contributed by atoms with Gasteiger partial charge in [-0.25, -0.2) is 0 Å². The van der Waals surface area contributed by atoms with Crippen molar-refractivity contribution in [2.24, 2.45) is 5.73 Å². The lowest BCUT2D eigenvalue weighted by Crippen LogP contribution is -2.22. The van der Waals surface area contributed by atoms with Gasteiger partial charge in [-0.15, -0.1) is 0 Å². The summed E-state index contributed by atoms with van der Waals surface area (Å²) < 4.78 is 4.93. The zero-order chi connectivity index (χ0) is 12.7. The van der Waals surface area contributed by atoms with Crippen molar-refractivity contribution >= 4 is 11.7 Å². The normalized spacial score (nSPS) is 22.4. The second kappa shape index (κ2) is 7.43. The summed E-state index contributed by atoms with van der Waals surface area (Å²) in [6.07, 6.45) is 7.62. The summed E-state index contributed by atoms with van der Waals surface area (Å²) in [5.74, 6) is -0.495. The Bertz CT molecular complexity index is 265. The molecule has 0 aromatic rings. The third-order valence-electron chi connectivity index (χ3n) is 3.12.